The van der Waals surface area contributed by atoms with E-state index in [4.69, 9.17) is 0 Å². The zero-order chi connectivity index (χ0) is 19.0. The standard InChI is InChI=1S/C20H18FNO3S2/c21-15-6-7-18-14(12-15)13-19(26-18)20(23)22-10-8-17(9-11-22)27(24,25)16-4-2-1-3-5-16/h1-7,12-13,17H,8-11H2. The predicted molar refractivity (Wildman–Crippen MR) is 104 cm³/mol. The Morgan fingerprint density at radius 3 is 2.44 bits per heavy atom. The largest absolute Gasteiger partial charge is 0.338 e. The van der Waals surface area contributed by atoms with Gasteiger partial charge in [-0.1, -0.05) is 18.2 Å². The van der Waals surface area contributed by atoms with Gasteiger partial charge in [0.15, 0.2) is 9.84 Å². The molecule has 4 rings (SSSR count). The van der Waals surface area contributed by atoms with Gasteiger partial charge in [0, 0.05) is 17.8 Å². The van der Waals surface area contributed by atoms with Gasteiger partial charge in [0.05, 0.1) is 15.0 Å². The number of nitrogens with zero attached hydrogens (tertiary/aromatic N) is 1. The van der Waals surface area contributed by atoms with Gasteiger partial charge >= 0.3 is 0 Å². The Morgan fingerprint density at radius 1 is 1.04 bits per heavy atom. The summed E-state index contributed by atoms with van der Waals surface area (Å²) >= 11 is 1.33. The van der Waals surface area contributed by atoms with Gasteiger partial charge in [-0.2, -0.15) is 0 Å². The Morgan fingerprint density at radius 2 is 1.74 bits per heavy atom. The van der Waals surface area contributed by atoms with Crippen molar-refractivity contribution in [1.82, 2.24) is 4.90 Å². The molecule has 3 aromatic rings. The molecule has 0 radical (unpaired) electrons. The molecule has 140 valence electrons. The molecule has 0 N–H and O–H groups in total. The van der Waals surface area contributed by atoms with Gasteiger partial charge < -0.3 is 4.90 Å². The van der Waals surface area contributed by atoms with Crippen molar-refractivity contribution in [2.45, 2.75) is 23.0 Å². The Balaban J connectivity index is 1.47. The van der Waals surface area contributed by atoms with Gasteiger partial charge in [0.1, 0.15) is 5.82 Å². The second-order valence-corrected chi connectivity index (χ2v) is 9.95. The molecule has 1 amide bonds. The van der Waals surface area contributed by atoms with Crippen LogP contribution >= 0.6 is 11.3 Å². The summed E-state index contributed by atoms with van der Waals surface area (Å²) in [5.41, 5.74) is 0. The Hall–Kier alpha value is -2.25. The maximum absolute atomic E-state index is 13.3. The maximum atomic E-state index is 13.3. The van der Waals surface area contributed by atoms with E-state index >= 15 is 0 Å². The summed E-state index contributed by atoms with van der Waals surface area (Å²) in [6, 6.07) is 14.6. The number of rotatable bonds is 3. The van der Waals surface area contributed by atoms with Crippen LogP contribution in [0.2, 0.25) is 0 Å². The highest BCUT2D eigenvalue weighted by Crippen LogP contribution is 2.29. The minimum absolute atomic E-state index is 0.118. The van der Waals surface area contributed by atoms with E-state index in [1.54, 1.807) is 47.4 Å². The summed E-state index contributed by atoms with van der Waals surface area (Å²) < 4.78 is 39.7. The third kappa shape index (κ3) is 3.49. The molecule has 0 aliphatic carbocycles. The van der Waals surface area contributed by atoms with Crippen molar-refractivity contribution in [3.05, 3.63) is 65.3 Å². The number of hydrogen-bond donors (Lipinski definition) is 0. The van der Waals surface area contributed by atoms with E-state index in [9.17, 15) is 17.6 Å². The van der Waals surface area contributed by atoms with Crippen LogP contribution in [0.25, 0.3) is 10.1 Å². The van der Waals surface area contributed by atoms with Gasteiger partial charge in [-0.25, -0.2) is 12.8 Å². The van der Waals surface area contributed by atoms with Crippen LogP contribution in [0.15, 0.2) is 59.5 Å². The first-order valence-corrected chi connectivity index (χ1v) is 11.1. The molecular weight excluding hydrogens is 385 g/mol. The van der Waals surface area contributed by atoms with Crippen molar-refractivity contribution in [2.75, 3.05) is 13.1 Å². The number of fused-ring (bicyclic) bond motifs is 1. The second-order valence-electron chi connectivity index (χ2n) is 6.64. The fraction of sp³-hybridized carbons (Fsp3) is 0.250. The minimum Gasteiger partial charge on any atom is -0.338 e. The highest BCUT2D eigenvalue weighted by atomic mass is 32.2. The van der Waals surface area contributed by atoms with E-state index in [1.807, 2.05) is 0 Å². The number of carbonyl (C=O) groups is 1. The number of likely N-dealkylation sites (tertiary alicyclic amines) is 1. The van der Waals surface area contributed by atoms with Crippen molar-refractivity contribution >= 4 is 37.2 Å². The third-order valence-corrected chi connectivity index (χ3v) is 8.31. The molecular formula is C20H18FNO3S2. The molecule has 1 aliphatic heterocycles. The van der Waals surface area contributed by atoms with E-state index < -0.39 is 15.1 Å². The van der Waals surface area contributed by atoms with Gasteiger partial charge in [-0.3, -0.25) is 4.79 Å². The van der Waals surface area contributed by atoms with Crippen LogP contribution in [0.1, 0.15) is 22.5 Å². The molecule has 1 saturated heterocycles. The van der Waals surface area contributed by atoms with E-state index in [1.165, 1.54) is 23.5 Å². The molecule has 2 aromatic carbocycles. The predicted octanol–water partition coefficient (Wildman–Crippen LogP) is 4.12. The van der Waals surface area contributed by atoms with Crippen molar-refractivity contribution in [1.29, 1.82) is 0 Å². The lowest BCUT2D eigenvalue weighted by atomic mass is 10.1. The second kappa shape index (κ2) is 7.05. The molecule has 0 spiro atoms. The van der Waals surface area contributed by atoms with Crippen LogP contribution < -0.4 is 0 Å². The van der Waals surface area contributed by atoms with Crippen molar-refractivity contribution < 1.29 is 17.6 Å². The monoisotopic (exact) mass is 403 g/mol. The normalized spacial score (nSPS) is 16.0. The van der Waals surface area contributed by atoms with Crippen LogP contribution in [-0.2, 0) is 9.84 Å². The molecule has 0 saturated carbocycles. The molecule has 0 atom stereocenters. The lowest BCUT2D eigenvalue weighted by Crippen LogP contribution is -2.42. The number of thiophene rings is 1. The average molecular weight is 404 g/mol. The van der Waals surface area contributed by atoms with E-state index in [0.717, 1.165) is 4.70 Å². The zero-order valence-corrected chi connectivity index (χ0v) is 16.1. The van der Waals surface area contributed by atoms with Crippen LogP contribution in [0.5, 0.6) is 0 Å². The summed E-state index contributed by atoms with van der Waals surface area (Å²) in [5, 5.41) is 0.241. The Labute approximate surface area is 161 Å². The lowest BCUT2D eigenvalue weighted by molar-refractivity contribution is 0.0730. The molecule has 27 heavy (non-hydrogen) atoms. The van der Waals surface area contributed by atoms with Crippen LogP contribution in [0, 0.1) is 5.82 Å². The van der Waals surface area contributed by atoms with Crippen molar-refractivity contribution in [2.24, 2.45) is 0 Å². The van der Waals surface area contributed by atoms with Gasteiger partial charge in [0.25, 0.3) is 5.91 Å². The first-order valence-electron chi connectivity index (χ1n) is 8.72. The fourth-order valence-electron chi connectivity index (χ4n) is 3.45. The first kappa shape index (κ1) is 18.1. The zero-order valence-electron chi connectivity index (χ0n) is 14.5. The fourth-order valence-corrected chi connectivity index (χ4v) is 6.21. The molecule has 1 aliphatic rings. The van der Waals surface area contributed by atoms with Crippen LogP contribution in [-0.4, -0.2) is 37.6 Å². The quantitative estimate of drug-likeness (QED) is 0.661. The third-order valence-electron chi connectivity index (χ3n) is 4.93. The van der Waals surface area contributed by atoms with Gasteiger partial charge in [0.2, 0.25) is 0 Å². The maximum Gasteiger partial charge on any atom is 0.263 e. The minimum atomic E-state index is -3.38. The van der Waals surface area contributed by atoms with Gasteiger partial charge in [-0.05, 0) is 54.6 Å². The molecule has 0 bridgehead atoms. The average Bonchev–Trinajstić information content (AvgIpc) is 3.11. The van der Waals surface area contributed by atoms with Crippen LogP contribution in [0.4, 0.5) is 4.39 Å². The smallest absolute Gasteiger partial charge is 0.263 e. The summed E-state index contributed by atoms with van der Waals surface area (Å²) in [5.74, 6) is -0.446. The summed E-state index contributed by atoms with van der Waals surface area (Å²) in [4.78, 5) is 15.4. The van der Waals surface area contributed by atoms with Crippen molar-refractivity contribution in [3.8, 4) is 0 Å². The number of benzene rings is 2. The van der Waals surface area contributed by atoms with E-state index in [2.05, 4.69) is 0 Å². The topological polar surface area (TPSA) is 54.5 Å². The summed E-state index contributed by atoms with van der Waals surface area (Å²) in [6.45, 7) is 0.802. The number of hydrogen-bond acceptors (Lipinski definition) is 4. The lowest BCUT2D eigenvalue weighted by Gasteiger charge is -2.31. The summed E-state index contributed by atoms with van der Waals surface area (Å²) in [6.07, 6.45) is 0.838. The van der Waals surface area contributed by atoms with Crippen molar-refractivity contribution in [3.63, 3.8) is 0 Å². The summed E-state index contributed by atoms with van der Waals surface area (Å²) in [7, 11) is -3.38. The Bertz CT molecular complexity index is 1080. The first-order chi connectivity index (χ1) is 12.9. The highest BCUT2D eigenvalue weighted by Gasteiger charge is 2.33. The molecule has 7 heteroatoms. The SMILES string of the molecule is O=C(c1cc2cc(F)ccc2s1)N1CCC(S(=O)(=O)c2ccccc2)CC1. The molecule has 1 fully saturated rings. The number of sulfone groups is 1. The molecule has 4 nitrogen and oxygen atoms in total. The van der Waals surface area contributed by atoms with Gasteiger partial charge in [-0.15, -0.1) is 11.3 Å². The van der Waals surface area contributed by atoms with E-state index in [0.29, 0.717) is 41.1 Å². The number of amides is 1. The van der Waals surface area contributed by atoms with Crippen LogP contribution in [0.3, 0.4) is 0 Å². The number of halogens is 1. The highest BCUT2D eigenvalue weighted by molar-refractivity contribution is 7.92. The molecule has 1 aromatic heterocycles. The van der Waals surface area contributed by atoms with E-state index in [-0.39, 0.29) is 11.7 Å². The Kier molecular flexibility index (Phi) is 4.74. The molecule has 2 heterocycles. The number of carbonyl (C=O) groups excluding carboxylic acids is 1. The number of piperidine rings is 1. The molecule has 0 unspecified atom stereocenters.